The Morgan fingerprint density at radius 2 is 2.14 bits per heavy atom. The van der Waals surface area contributed by atoms with E-state index >= 15 is 0 Å². The van der Waals surface area contributed by atoms with Gasteiger partial charge in [-0.1, -0.05) is 12.1 Å². The van der Waals surface area contributed by atoms with Gasteiger partial charge >= 0.3 is 5.97 Å². The largest absolute Gasteiger partial charge is 0.480 e. The molecule has 3 fully saturated rings. The Bertz CT molecular complexity index is 941. The molecule has 5 rings (SSSR count). The Labute approximate surface area is 169 Å². The molecule has 1 aromatic heterocycles. The number of aromatic nitrogens is 1. The molecular weight excluding hydrogens is 370 g/mol. The summed E-state index contributed by atoms with van der Waals surface area (Å²) in [7, 11) is 0. The molecule has 1 spiro atoms. The molecule has 2 aromatic rings. The molecule has 1 aliphatic heterocycles. The van der Waals surface area contributed by atoms with Crippen molar-refractivity contribution in [2.24, 2.45) is 10.8 Å². The second-order valence-corrected chi connectivity index (χ2v) is 8.62. The number of hydrogen-bond donors (Lipinski definition) is 1. The predicted octanol–water partition coefficient (Wildman–Crippen LogP) is 4.07. The Morgan fingerprint density at radius 3 is 2.86 bits per heavy atom. The van der Waals surface area contributed by atoms with Crippen molar-refractivity contribution in [3.63, 3.8) is 0 Å². The maximum Gasteiger partial charge on any atom is 0.329 e. The molecule has 29 heavy (non-hydrogen) atoms. The zero-order valence-electron chi connectivity index (χ0n) is 16.5. The number of pyridine rings is 1. The molecule has 3 aliphatic rings. The topological polar surface area (TPSA) is 77.9 Å². The van der Waals surface area contributed by atoms with Crippen LogP contribution in [0.3, 0.4) is 0 Å². The van der Waals surface area contributed by atoms with E-state index in [9.17, 15) is 4.79 Å². The highest BCUT2D eigenvalue weighted by Gasteiger charge is 2.84. The van der Waals surface area contributed by atoms with Gasteiger partial charge in [0, 0.05) is 23.1 Å². The molecule has 3 atom stereocenters. The maximum absolute atomic E-state index is 10.7. The van der Waals surface area contributed by atoms with E-state index in [0.29, 0.717) is 6.61 Å². The number of benzene rings is 1. The average Bonchev–Trinajstić information content (AvgIpc) is 3.34. The fourth-order valence-corrected chi connectivity index (χ4v) is 5.57. The Hall–Kier alpha value is -2.44. The van der Waals surface area contributed by atoms with Crippen molar-refractivity contribution in [2.45, 2.75) is 38.2 Å². The van der Waals surface area contributed by atoms with E-state index < -0.39 is 5.97 Å². The maximum atomic E-state index is 10.7. The number of nitrogens with zero attached hydrogens (tertiary/aromatic N) is 1. The minimum Gasteiger partial charge on any atom is -0.480 e. The summed E-state index contributed by atoms with van der Waals surface area (Å²) in [5.74, 6) is 0.586. The number of carbonyl (C=O) groups is 1. The third kappa shape index (κ3) is 2.77. The zero-order chi connectivity index (χ0) is 20.1. The van der Waals surface area contributed by atoms with Gasteiger partial charge in [0.2, 0.25) is 0 Å². The van der Waals surface area contributed by atoms with Crippen LogP contribution < -0.4 is 4.74 Å². The number of aryl methyl sites for hydroxylation is 1. The fourth-order valence-electron chi connectivity index (χ4n) is 5.57. The number of aliphatic carboxylic acids is 1. The van der Waals surface area contributed by atoms with E-state index in [2.05, 4.69) is 17.1 Å². The summed E-state index contributed by atoms with van der Waals surface area (Å²) in [4.78, 5) is 14.9. The minimum atomic E-state index is -0.922. The molecule has 1 N–H and O–H groups in total. The predicted molar refractivity (Wildman–Crippen MR) is 105 cm³/mol. The average molecular weight is 395 g/mol. The van der Waals surface area contributed by atoms with Crippen molar-refractivity contribution in [3.05, 3.63) is 53.9 Å². The van der Waals surface area contributed by atoms with E-state index in [1.807, 2.05) is 31.2 Å². The van der Waals surface area contributed by atoms with Gasteiger partial charge in [-0.25, -0.2) is 4.79 Å². The SMILES string of the molecule is Cc1ccc(Oc2cccc(C34CCC35CC5(CCOCC(=O)O)CO4)c2)cn1. The van der Waals surface area contributed by atoms with Gasteiger partial charge in [0.05, 0.1) is 18.4 Å². The van der Waals surface area contributed by atoms with Gasteiger partial charge in [0.25, 0.3) is 0 Å². The Kier molecular flexibility index (Phi) is 4.19. The van der Waals surface area contributed by atoms with Gasteiger partial charge in [-0.2, -0.15) is 0 Å². The van der Waals surface area contributed by atoms with Crippen LogP contribution in [0.25, 0.3) is 0 Å². The van der Waals surface area contributed by atoms with Crippen LogP contribution in [-0.2, 0) is 19.9 Å². The summed E-state index contributed by atoms with van der Waals surface area (Å²) in [5, 5.41) is 8.75. The van der Waals surface area contributed by atoms with Crippen LogP contribution in [0.5, 0.6) is 11.5 Å². The third-order valence-corrected chi connectivity index (χ3v) is 7.17. The molecule has 3 unspecified atom stereocenters. The van der Waals surface area contributed by atoms with Crippen LogP contribution in [0.15, 0.2) is 42.6 Å². The molecular formula is C23H25NO5. The lowest BCUT2D eigenvalue weighted by Gasteiger charge is -2.48. The van der Waals surface area contributed by atoms with Crippen molar-refractivity contribution < 1.29 is 24.1 Å². The molecule has 0 amide bonds. The van der Waals surface area contributed by atoms with E-state index in [1.54, 1.807) is 6.20 Å². The van der Waals surface area contributed by atoms with Crippen molar-refractivity contribution in [2.75, 3.05) is 19.8 Å². The van der Waals surface area contributed by atoms with Crippen LogP contribution in [0.4, 0.5) is 0 Å². The number of rotatable bonds is 8. The molecule has 0 radical (unpaired) electrons. The first-order chi connectivity index (χ1) is 14.0. The summed E-state index contributed by atoms with van der Waals surface area (Å²) in [6.45, 7) is 2.90. The summed E-state index contributed by atoms with van der Waals surface area (Å²) in [6.07, 6.45) is 5.88. The number of carboxylic acid groups (broad SMARTS) is 1. The first kappa shape index (κ1) is 18.6. The van der Waals surface area contributed by atoms with E-state index in [1.165, 1.54) is 5.56 Å². The van der Waals surface area contributed by atoms with Crippen molar-refractivity contribution >= 4 is 5.97 Å². The lowest BCUT2D eigenvalue weighted by molar-refractivity contribution is -0.142. The van der Waals surface area contributed by atoms with Gasteiger partial charge in [-0.15, -0.1) is 0 Å². The van der Waals surface area contributed by atoms with Crippen LogP contribution in [0.2, 0.25) is 0 Å². The number of carboxylic acids is 1. The monoisotopic (exact) mass is 395 g/mol. The molecule has 0 bridgehead atoms. The Morgan fingerprint density at radius 1 is 1.24 bits per heavy atom. The molecule has 2 aliphatic carbocycles. The standard InChI is InChI=1S/C23H25NO5/c1-16-5-6-19(12-24-16)29-18-4-2-3-17(11-18)23-8-7-22(23)14-21(22,15-28-23)9-10-27-13-20(25)26/h2-6,11-12H,7-10,13-15H2,1H3,(H,25,26). The first-order valence-electron chi connectivity index (χ1n) is 10.1. The summed E-state index contributed by atoms with van der Waals surface area (Å²) in [5.41, 5.74) is 2.17. The molecule has 2 heterocycles. The van der Waals surface area contributed by atoms with Gasteiger partial charge < -0.3 is 19.3 Å². The molecule has 1 saturated heterocycles. The lowest BCUT2D eigenvalue weighted by atomic mass is 9.60. The van der Waals surface area contributed by atoms with E-state index in [-0.39, 0.29) is 23.0 Å². The third-order valence-electron chi connectivity index (χ3n) is 7.17. The van der Waals surface area contributed by atoms with Crippen molar-refractivity contribution in [3.8, 4) is 11.5 Å². The van der Waals surface area contributed by atoms with Gasteiger partial charge in [-0.05, 0) is 62.4 Å². The van der Waals surface area contributed by atoms with Crippen molar-refractivity contribution in [1.29, 1.82) is 0 Å². The highest BCUT2D eigenvalue weighted by atomic mass is 16.5. The number of hydrogen-bond acceptors (Lipinski definition) is 5. The highest BCUT2D eigenvalue weighted by molar-refractivity contribution is 5.68. The summed E-state index contributed by atoms with van der Waals surface area (Å²) < 4.78 is 17.8. The van der Waals surface area contributed by atoms with Crippen molar-refractivity contribution in [1.82, 2.24) is 4.98 Å². The van der Waals surface area contributed by atoms with E-state index in [4.69, 9.17) is 19.3 Å². The molecule has 2 saturated carbocycles. The van der Waals surface area contributed by atoms with Crippen LogP contribution in [-0.4, -0.2) is 35.9 Å². The van der Waals surface area contributed by atoms with Gasteiger partial charge in [0.15, 0.2) is 0 Å². The summed E-state index contributed by atoms with van der Waals surface area (Å²) >= 11 is 0. The summed E-state index contributed by atoms with van der Waals surface area (Å²) in [6, 6.07) is 12.1. The van der Waals surface area contributed by atoms with Crippen LogP contribution >= 0.6 is 0 Å². The molecule has 6 nitrogen and oxygen atoms in total. The number of ether oxygens (including phenoxy) is 3. The fraction of sp³-hybridized carbons (Fsp3) is 0.478. The van der Waals surface area contributed by atoms with E-state index in [0.717, 1.165) is 49.5 Å². The highest BCUT2D eigenvalue weighted by Crippen LogP contribution is 2.86. The van der Waals surface area contributed by atoms with Crippen LogP contribution in [0, 0.1) is 17.8 Å². The van der Waals surface area contributed by atoms with Gasteiger partial charge in [0.1, 0.15) is 18.1 Å². The smallest absolute Gasteiger partial charge is 0.329 e. The normalized spacial score (nSPS) is 31.5. The quantitative estimate of drug-likeness (QED) is 0.679. The van der Waals surface area contributed by atoms with Crippen LogP contribution in [0.1, 0.15) is 36.9 Å². The molecule has 1 aromatic carbocycles. The Balaban J connectivity index is 1.32. The lowest BCUT2D eigenvalue weighted by Crippen LogP contribution is -2.46. The first-order valence-corrected chi connectivity index (χ1v) is 10.1. The molecule has 152 valence electrons. The molecule has 6 heteroatoms. The second kappa shape index (κ2) is 6.54. The zero-order valence-corrected chi connectivity index (χ0v) is 16.5. The van der Waals surface area contributed by atoms with Gasteiger partial charge in [-0.3, -0.25) is 4.98 Å². The minimum absolute atomic E-state index is 0.126. The second-order valence-electron chi connectivity index (χ2n) is 8.62.